The molecule has 0 radical (unpaired) electrons. The highest BCUT2D eigenvalue weighted by atomic mass is 16.5. The van der Waals surface area contributed by atoms with Gasteiger partial charge in [-0.15, -0.1) is 0 Å². The minimum Gasteiger partial charge on any atom is -0.494 e. The number of nitrogens with one attached hydrogen (secondary N) is 1. The van der Waals surface area contributed by atoms with Crippen molar-refractivity contribution in [3.05, 3.63) is 65.7 Å². The molecule has 2 N–H and O–H groups in total. The lowest BCUT2D eigenvalue weighted by Gasteiger charge is -2.15. The average Bonchev–Trinajstić information content (AvgIpc) is 2.58. The van der Waals surface area contributed by atoms with E-state index in [0.717, 1.165) is 23.3 Å². The summed E-state index contributed by atoms with van der Waals surface area (Å²) in [6.07, 6.45) is 1.42. The van der Waals surface area contributed by atoms with Crippen LogP contribution < -0.4 is 10.1 Å². The number of ether oxygens (including phenoxy) is 1. The van der Waals surface area contributed by atoms with E-state index in [1.807, 2.05) is 54.6 Å². The first-order valence-electron chi connectivity index (χ1n) is 7.91. The summed E-state index contributed by atoms with van der Waals surface area (Å²) in [5.74, 6) is -0.0201. The molecule has 0 saturated carbocycles. The third kappa shape index (κ3) is 5.75. The molecule has 0 fully saturated rings. The molecule has 2 aromatic rings. The number of carbonyl (C=O) groups is 1. The molecule has 4 heteroatoms. The van der Waals surface area contributed by atoms with Crippen LogP contribution in [0.4, 0.5) is 0 Å². The van der Waals surface area contributed by atoms with Gasteiger partial charge in [0.05, 0.1) is 6.61 Å². The molecule has 23 heavy (non-hydrogen) atoms. The van der Waals surface area contributed by atoms with Gasteiger partial charge in [-0.2, -0.15) is 0 Å². The summed E-state index contributed by atoms with van der Waals surface area (Å²) in [5.41, 5.74) is 2.02. The second-order valence-electron chi connectivity index (χ2n) is 5.46. The summed E-state index contributed by atoms with van der Waals surface area (Å²) in [6, 6.07) is 16.8. The number of rotatable bonds is 9. The summed E-state index contributed by atoms with van der Waals surface area (Å²) >= 11 is 0. The lowest BCUT2D eigenvalue weighted by molar-refractivity contribution is -0.139. The maximum Gasteiger partial charge on any atom is 0.321 e. The lowest BCUT2D eigenvalue weighted by atomic mass is 10.1. The zero-order valence-electron chi connectivity index (χ0n) is 13.4. The van der Waals surface area contributed by atoms with Crippen LogP contribution in [0.1, 0.15) is 24.5 Å². The zero-order chi connectivity index (χ0) is 16.5. The Morgan fingerprint density at radius 2 is 1.87 bits per heavy atom. The second kappa shape index (κ2) is 8.96. The third-order valence-electron chi connectivity index (χ3n) is 3.50. The van der Waals surface area contributed by atoms with Crippen LogP contribution in [0.5, 0.6) is 5.75 Å². The number of benzene rings is 2. The highest BCUT2D eigenvalue weighted by molar-refractivity contribution is 5.73. The Balaban J connectivity index is 1.95. The van der Waals surface area contributed by atoms with E-state index in [4.69, 9.17) is 4.74 Å². The van der Waals surface area contributed by atoms with Crippen molar-refractivity contribution in [3.63, 3.8) is 0 Å². The molecule has 0 aliphatic rings. The highest BCUT2D eigenvalue weighted by Gasteiger charge is 2.17. The van der Waals surface area contributed by atoms with E-state index >= 15 is 0 Å². The average molecular weight is 313 g/mol. The monoisotopic (exact) mass is 313 g/mol. The van der Waals surface area contributed by atoms with Gasteiger partial charge in [0.25, 0.3) is 0 Å². The summed E-state index contributed by atoms with van der Waals surface area (Å²) in [6.45, 7) is 3.24. The maximum absolute atomic E-state index is 11.4. The fraction of sp³-hybridized carbons (Fsp3) is 0.316. The van der Waals surface area contributed by atoms with E-state index in [1.54, 1.807) is 0 Å². The fourth-order valence-corrected chi connectivity index (χ4v) is 2.30. The van der Waals surface area contributed by atoms with Crippen molar-refractivity contribution in [2.45, 2.75) is 32.4 Å². The van der Waals surface area contributed by atoms with Crippen LogP contribution in [0.25, 0.3) is 0 Å². The lowest BCUT2D eigenvalue weighted by Crippen LogP contribution is -2.38. The van der Waals surface area contributed by atoms with Gasteiger partial charge in [-0.25, -0.2) is 0 Å². The number of carboxylic acids is 1. The molecular weight excluding hydrogens is 290 g/mol. The Morgan fingerprint density at radius 1 is 1.13 bits per heavy atom. The fourth-order valence-electron chi connectivity index (χ4n) is 2.30. The van der Waals surface area contributed by atoms with Crippen LogP contribution >= 0.6 is 0 Å². The van der Waals surface area contributed by atoms with Crippen molar-refractivity contribution in [2.24, 2.45) is 0 Å². The molecule has 0 unspecified atom stereocenters. The van der Waals surface area contributed by atoms with Gasteiger partial charge in [0.2, 0.25) is 0 Å². The van der Waals surface area contributed by atoms with Gasteiger partial charge in [-0.05, 0) is 36.1 Å². The van der Waals surface area contributed by atoms with E-state index in [0.29, 0.717) is 19.6 Å². The summed E-state index contributed by atoms with van der Waals surface area (Å²) in [5, 5.41) is 12.5. The molecule has 1 atom stereocenters. The van der Waals surface area contributed by atoms with Gasteiger partial charge < -0.3 is 15.2 Å². The summed E-state index contributed by atoms with van der Waals surface area (Å²) in [7, 11) is 0. The highest BCUT2D eigenvalue weighted by Crippen LogP contribution is 2.14. The Bertz CT molecular complexity index is 613. The van der Waals surface area contributed by atoms with Crippen LogP contribution in [0.3, 0.4) is 0 Å². The molecule has 0 heterocycles. The van der Waals surface area contributed by atoms with E-state index in [1.165, 1.54) is 0 Å². The number of aliphatic carboxylic acids is 1. The molecule has 0 aliphatic heterocycles. The van der Waals surface area contributed by atoms with E-state index in [2.05, 4.69) is 12.2 Å². The standard InChI is InChI=1S/C19H23NO3/c1-2-11-23-17-10-6-9-16(12-17)14-20-18(19(21)22)13-15-7-4-3-5-8-15/h3-10,12,18,20H,2,11,13-14H2,1H3,(H,21,22)/t18-/m1/s1. The predicted molar refractivity (Wildman–Crippen MR) is 90.6 cm³/mol. The number of carboxylic acid groups (broad SMARTS) is 1. The van der Waals surface area contributed by atoms with Crippen LogP contribution in [0.15, 0.2) is 54.6 Å². The second-order valence-corrected chi connectivity index (χ2v) is 5.46. The SMILES string of the molecule is CCCOc1cccc(CN[C@H](Cc2ccccc2)C(=O)O)c1. The van der Waals surface area contributed by atoms with Crippen molar-refractivity contribution >= 4 is 5.97 Å². The van der Waals surface area contributed by atoms with Crippen LogP contribution in [-0.4, -0.2) is 23.7 Å². The van der Waals surface area contributed by atoms with E-state index in [-0.39, 0.29) is 0 Å². The zero-order valence-corrected chi connectivity index (χ0v) is 13.4. The van der Waals surface area contributed by atoms with Crippen molar-refractivity contribution in [3.8, 4) is 5.75 Å². The van der Waals surface area contributed by atoms with Crippen molar-refractivity contribution in [2.75, 3.05) is 6.61 Å². The smallest absolute Gasteiger partial charge is 0.321 e. The Morgan fingerprint density at radius 3 is 2.57 bits per heavy atom. The topological polar surface area (TPSA) is 58.6 Å². The predicted octanol–water partition coefficient (Wildman–Crippen LogP) is 3.26. The first kappa shape index (κ1) is 17.0. The Labute approximate surface area is 137 Å². The van der Waals surface area contributed by atoms with Crippen LogP contribution in [0.2, 0.25) is 0 Å². The Hall–Kier alpha value is -2.33. The minimum atomic E-state index is -0.841. The van der Waals surface area contributed by atoms with Gasteiger partial charge in [0, 0.05) is 6.54 Å². The summed E-state index contributed by atoms with van der Waals surface area (Å²) < 4.78 is 5.60. The first-order chi connectivity index (χ1) is 11.2. The molecule has 4 nitrogen and oxygen atoms in total. The Kier molecular flexibility index (Phi) is 6.63. The van der Waals surface area contributed by atoms with Crippen molar-refractivity contribution in [1.29, 1.82) is 0 Å². The maximum atomic E-state index is 11.4. The third-order valence-corrected chi connectivity index (χ3v) is 3.50. The van der Waals surface area contributed by atoms with Crippen LogP contribution in [0, 0.1) is 0 Å². The van der Waals surface area contributed by atoms with Gasteiger partial charge in [0.15, 0.2) is 0 Å². The summed E-state index contributed by atoms with van der Waals surface area (Å²) in [4.78, 5) is 11.4. The van der Waals surface area contributed by atoms with Gasteiger partial charge >= 0.3 is 5.97 Å². The van der Waals surface area contributed by atoms with Crippen LogP contribution in [-0.2, 0) is 17.8 Å². The molecule has 0 aromatic heterocycles. The molecule has 2 rings (SSSR count). The van der Waals surface area contributed by atoms with Crippen molar-refractivity contribution in [1.82, 2.24) is 5.32 Å². The first-order valence-corrected chi connectivity index (χ1v) is 7.91. The minimum absolute atomic E-state index is 0.461. The molecule has 0 saturated heterocycles. The normalized spacial score (nSPS) is 11.9. The van der Waals surface area contributed by atoms with E-state index < -0.39 is 12.0 Å². The van der Waals surface area contributed by atoms with Gasteiger partial charge in [-0.1, -0.05) is 49.4 Å². The molecule has 122 valence electrons. The molecule has 0 aliphatic carbocycles. The van der Waals surface area contributed by atoms with Gasteiger partial charge in [0.1, 0.15) is 11.8 Å². The van der Waals surface area contributed by atoms with Gasteiger partial charge in [-0.3, -0.25) is 4.79 Å². The van der Waals surface area contributed by atoms with Crippen molar-refractivity contribution < 1.29 is 14.6 Å². The molecular formula is C19H23NO3. The molecule has 0 amide bonds. The number of hydrogen-bond acceptors (Lipinski definition) is 3. The molecule has 0 bridgehead atoms. The quantitative estimate of drug-likeness (QED) is 0.746. The number of hydrogen-bond donors (Lipinski definition) is 2. The molecule has 2 aromatic carbocycles. The van der Waals surface area contributed by atoms with E-state index in [9.17, 15) is 9.90 Å². The largest absolute Gasteiger partial charge is 0.494 e. The molecule has 0 spiro atoms.